The van der Waals surface area contributed by atoms with Gasteiger partial charge in [0.2, 0.25) is 5.91 Å². The number of halogens is 1. The summed E-state index contributed by atoms with van der Waals surface area (Å²) in [6, 6.07) is 3.02. The minimum absolute atomic E-state index is 0.0775. The molecule has 0 aromatic carbocycles. The second kappa shape index (κ2) is 8.58. The Morgan fingerprint density at radius 2 is 1.65 bits per heavy atom. The highest BCUT2D eigenvalue weighted by Gasteiger charge is 2.59. The van der Waals surface area contributed by atoms with E-state index in [4.69, 9.17) is 4.43 Å². The third kappa shape index (κ3) is 4.20. The van der Waals surface area contributed by atoms with Crippen molar-refractivity contribution in [3.8, 4) is 0 Å². The third-order valence-corrected chi connectivity index (χ3v) is 17.7. The lowest BCUT2D eigenvalue weighted by molar-refractivity contribution is -0.154. The van der Waals surface area contributed by atoms with Crippen LogP contribution >= 0.6 is 15.9 Å². The van der Waals surface area contributed by atoms with E-state index in [-0.39, 0.29) is 33.8 Å². The summed E-state index contributed by atoms with van der Waals surface area (Å²) in [6.07, 6.45) is 0.776. The molecule has 0 radical (unpaired) electrons. The number of carbonyl (C=O) groups excluding carboxylic acids is 2. The number of hydrogen-bond acceptors (Lipinski definition) is 3. The highest BCUT2D eigenvalue weighted by molar-refractivity contribution is 9.10. The minimum atomic E-state index is -1.97. The zero-order valence-electron chi connectivity index (χ0n) is 18.1. The maximum Gasteiger partial charge on any atom is 0.222 e. The van der Waals surface area contributed by atoms with Crippen molar-refractivity contribution in [1.29, 1.82) is 0 Å². The molecular weight excluding hydrogens is 426 g/mol. The quantitative estimate of drug-likeness (QED) is 0.204. The van der Waals surface area contributed by atoms with Gasteiger partial charge in [0.1, 0.15) is 6.29 Å². The zero-order chi connectivity index (χ0) is 20.5. The Morgan fingerprint density at radius 1 is 1.19 bits per heavy atom. The monoisotopic (exact) mass is 463 g/mol. The van der Waals surface area contributed by atoms with Crippen LogP contribution in [0.4, 0.5) is 0 Å². The molecule has 4 atom stereocenters. The normalized spacial score (nSPS) is 24.2. The molecule has 0 N–H and O–H groups in total. The molecule has 26 heavy (non-hydrogen) atoms. The lowest BCUT2D eigenvalue weighted by Crippen LogP contribution is -2.76. The Morgan fingerprint density at radius 3 is 2.00 bits per heavy atom. The molecule has 1 fully saturated rings. The van der Waals surface area contributed by atoms with Gasteiger partial charge in [0.25, 0.3) is 0 Å². The van der Waals surface area contributed by atoms with Gasteiger partial charge in [-0.25, -0.2) is 0 Å². The van der Waals surface area contributed by atoms with E-state index < -0.39 is 16.6 Å². The van der Waals surface area contributed by atoms with E-state index >= 15 is 0 Å². The Hall–Kier alpha value is 0.0138. The first kappa shape index (κ1) is 24.1. The summed E-state index contributed by atoms with van der Waals surface area (Å²) in [6.45, 7) is 19.7. The maximum atomic E-state index is 13.3. The first-order chi connectivity index (χ1) is 11.8. The molecule has 152 valence electrons. The van der Waals surface area contributed by atoms with Crippen LogP contribution in [0.1, 0.15) is 48.5 Å². The number of alkyl halides is 1. The average Bonchev–Trinajstić information content (AvgIpc) is 2.54. The molecule has 1 aliphatic rings. The molecule has 1 amide bonds. The summed E-state index contributed by atoms with van der Waals surface area (Å²) in [5.74, 6) is -0.0278. The molecule has 1 saturated heterocycles. The van der Waals surface area contributed by atoms with Gasteiger partial charge in [0.15, 0.2) is 16.6 Å². The predicted molar refractivity (Wildman–Crippen MR) is 118 cm³/mol. The standard InChI is InChI=1S/C19H38BrNO3Si2/c1-10-26(11-2,12-3)21-17(15(20)13-22)16(18(21)23)14(4)24-25(8,9)19(5,6)7/h13-17H,10-12H2,1-9H3/t14-,15?,16-,17-/m1/s1. The molecule has 1 aliphatic heterocycles. The maximum absolute atomic E-state index is 13.3. The van der Waals surface area contributed by atoms with Gasteiger partial charge in [0, 0.05) is 0 Å². The molecule has 0 bridgehead atoms. The molecule has 0 aromatic rings. The van der Waals surface area contributed by atoms with Crippen molar-refractivity contribution >= 4 is 44.7 Å². The SMILES string of the molecule is CC[Si](CC)(CC)N1C(=O)[C@H]([C@@H](C)O[Si](C)(C)C(C)(C)C)[C@H]1C(Br)C=O. The molecule has 7 heteroatoms. The van der Waals surface area contributed by atoms with E-state index in [2.05, 4.69) is 75.1 Å². The number of amides is 1. The fraction of sp³-hybridized carbons (Fsp3) is 0.895. The van der Waals surface area contributed by atoms with Crippen LogP contribution in [0.15, 0.2) is 0 Å². The molecule has 0 spiro atoms. The van der Waals surface area contributed by atoms with Gasteiger partial charge in [-0.1, -0.05) is 57.5 Å². The average molecular weight is 465 g/mol. The smallest absolute Gasteiger partial charge is 0.222 e. The lowest BCUT2D eigenvalue weighted by atomic mass is 9.84. The lowest BCUT2D eigenvalue weighted by Gasteiger charge is -2.59. The van der Waals surface area contributed by atoms with Crippen molar-refractivity contribution in [2.24, 2.45) is 5.92 Å². The summed E-state index contributed by atoms with van der Waals surface area (Å²) in [4.78, 5) is 24.5. The number of β-lactam (4-membered cyclic amide) rings is 1. The van der Waals surface area contributed by atoms with Crippen molar-refractivity contribution in [3.63, 3.8) is 0 Å². The van der Waals surface area contributed by atoms with Gasteiger partial charge in [-0.05, 0) is 43.2 Å². The molecule has 1 rings (SSSR count). The molecular formula is C19H38BrNO3Si2. The molecule has 4 nitrogen and oxygen atoms in total. The van der Waals surface area contributed by atoms with E-state index in [0.29, 0.717) is 0 Å². The Labute approximate surface area is 170 Å². The molecule has 0 saturated carbocycles. The Bertz CT molecular complexity index is 509. The first-order valence-electron chi connectivity index (χ1n) is 9.93. The van der Waals surface area contributed by atoms with E-state index in [1.54, 1.807) is 0 Å². The van der Waals surface area contributed by atoms with Crippen LogP contribution in [-0.2, 0) is 14.0 Å². The molecule has 0 aromatic heterocycles. The fourth-order valence-electron chi connectivity index (χ4n) is 3.96. The summed E-state index contributed by atoms with van der Waals surface area (Å²) >= 11 is 3.55. The second-order valence-electron chi connectivity index (χ2n) is 9.17. The van der Waals surface area contributed by atoms with Crippen molar-refractivity contribution in [1.82, 2.24) is 4.57 Å². The van der Waals surface area contributed by atoms with Crippen LogP contribution in [0, 0.1) is 5.92 Å². The van der Waals surface area contributed by atoms with E-state index in [9.17, 15) is 9.59 Å². The van der Waals surface area contributed by atoms with Gasteiger partial charge in [-0.3, -0.25) is 4.79 Å². The minimum Gasteiger partial charge on any atom is -0.413 e. The van der Waals surface area contributed by atoms with E-state index in [1.807, 2.05) is 6.92 Å². The van der Waals surface area contributed by atoms with Crippen LogP contribution < -0.4 is 0 Å². The topological polar surface area (TPSA) is 46.6 Å². The van der Waals surface area contributed by atoms with Crippen molar-refractivity contribution in [3.05, 3.63) is 0 Å². The third-order valence-electron chi connectivity index (χ3n) is 6.92. The van der Waals surface area contributed by atoms with Crippen LogP contribution in [0.5, 0.6) is 0 Å². The van der Waals surface area contributed by atoms with Crippen molar-refractivity contribution in [2.75, 3.05) is 0 Å². The second-order valence-corrected chi connectivity index (χ2v) is 20.0. The number of carbonyl (C=O) groups is 2. The van der Waals surface area contributed by atoms with Crippen molar-refractivity contribution < 1.29 is 14.0 Å². The van der Waals surface area contributed by atoms with Crippen LogP contribution in [0.3, 0.4) is 0 Å². The highest BCUT2D eigenvalue weighted by Crippen LogP contribution is 2.45. The number of nitrogens with zero attached hydrogens (tertiary/aromatic N) is 1. The van der Waals surface area contributed by atoms with E-state index in [0.717, 1.165) is 24.4 Å². The Kier molecular flexibility index (Phi) is 7.93. The molecule has 0 aliphatic carbocycles. The van der Waals surface area contributed by atoms with Gasteiger partial charge in [-0.2, -0.15) is 0 Å². The summed E-state index contributed by atoms with van der Waals surface area (Å²) in [5.41, 5.74) is 0. The van der Waals surface area contributed by atoms with E-state index in [1.165, 1.54) is 0 Å². The highest BCUT2D eigenvalue weighted by atomic mass is 79.9. The molecule has 1 unspecified atom stereocenters. The molecule has 1 heterocycles. The van der Waals surface area contributed by atoms with Crippen LogP contribution in [0.2, 0.25) is 36.3 Å². The first-order valence-corrected chi connectivity index (χ1v) is 16.3. The predicted octanol–water partition coefficient (Wildman–Crippen LogP) is 5.19. The Balaban J connectivity index is 3.17. The number of aldehydes is 1. The number of hydrogen-bond donors (Lipinski definition) is 0. The van der Waals surface area contributed by atoms with Gasteiger partial charge in [-0.15, -0.1) is 0 Å². The van der Waals surface area contributed by atoms with Gasteiger partial charge < -0.3 is 13.8 Å². The zero-order valence-corrected chi connectivity index (χ0v) is 21.6. The van der Waals surface area contributed by atoms with Gasteiger partial charge in [0.05, 0.1) is 22.9 Å². The van der Waals surface area contributed by atoms with Crippen LogP contribution in [0.25, 0.3) is 0 Å². The van der Waals surface area contributed by atoms with Crippen molar-refractivity contribution in [2.45, 2.75) is 102 Å². The summed E-state index contributed by atoms with van der Waals surface area (Å²) in [7, 11) is -3.84. The fourth-order valence-corrected chi connectivity index (χ4v) is 10.3. The largest absolute Gasteiger partial charge is 0.413 e. The van der Waals surface area contributed by atoms with Gasteiger partial charge >= 0.3 is 0 Å². The summed E-state index contributed by atoms with van der Waals surface area (Å²) in [5, 5.41) is 0.0937. The number of rotatable bonds is 9. The summed E-state index contributed by atoms with van der Waals surface area (Å²) < 4.78 is 8.66. The van der Waals surface area contributed by atoms with Crippen LogP contribution in [-0.4, -0.2) is 50.3 Å².